The minimum absolute atomic E-state index is 0.0216. The van der Waals surface area contributed by atoms with Gasteiger partial charge in [-0.15, -0.1) is 5.10 Å². The van der Waals surface area contributed by atoms with E-state index >= 15 is 0 Å². The summed E-state index contributed by atoms with van der Waals surface area (Å²) in [5, 5.41) is 8.02. The van der Waals surface area contributed by atoms with Crippen molar-refractivity contribution in [3.05, 3.63) is 5.89 Å². The summed E-state index contributed by atoms with van der Waals surface area (Å²) in [6.45, 7) is 6.66. The second kappa shape index (κ2) is 8.10. The summed E-state index contributed by atoms with van der Waals surface area (Å²) < 4.78 is 33.6. The maximum Gasteiger partial charge on any atom is 0.410 e. The number of amides is 2. The van der Waals surface area contributed by atoms with E-state index in [0.29, 0.717) is 31.8 Å². The average molecular weight is 449 g/mol. The number of ether oxygens (including phenoxy) is 1. The van der Waals surface area contributed by atoms with Gasteiger partial charge >= 0.3 is 12.1 Å². The maximum absolute atomic E-state index is 12.2. The lowest BCUT2D eigenvalue weighted by Crippen LogP contribution is -2.41. The molecule has 1 aromatic heterocycles. The molecule has 2 aliphatic heterocycles. The summed E-state index contributed by atoms with van der Waals surface area (Å²) in [4.78, 5) is 27.3. The molecule has 10 nitrogen and oxygen atoms in total. The minimum Gasteiger partial charge on any atom is -0.444 e. The number of rotatable bonds is 4. The number of hydrogen-bond acceptors (Lipinski definition) is 8. The maximum atomic E-state index is 12.2. The number of carbonyl (C=O) groups excluding carboxylic acids is 2. The Morgan fingerprint density at radius 2 is 1.93 bits per heavy atom. The number of hydrogen-bond donors (Lipinski definition) is 0. The Morgan fingerprint density at radius 3 is 2.52 bits per heavy atom. The van der Waals surface area contributed by atoms with Gasteiger partial charge in [-0.2, -0.15) is 0 Å². The summed E-state index contributed by atoms with van der Waals surface area (Å²) in [6.07, 6.45) is 1.01. The lowest BCUT2D eigenvalue weighted by atomic mass is 9.97. The molecule has 0 bridgehead atoms. The van der Waals surface area contributed by atoms with E-state index in [2.05, 4.69) is 10.2 Å². The summed E-state index contributed by atoms with van der Waals surface area (Å²) >= 11 is 0. The number of piperidine rings is 1. The zero-order chi connectivity index (χ0) is 21.4. The third kappa shape index (κ3) is 5.81. The average Bonchev–Trinajstić information content (AvgIpc) is 3.18. The predicted octanol–water partition coefficient (Wildman–Crippen LogP) is 2.11. The highest BCUT2D eigenvalue weighted by atomic mass is 35.7. The molecule has 0 spiro atoms. The largest absolute Gasteiger partial charge is 0.444 e. The van der Waals surface area contributed by atoms with Gasteiger partial charge in [0.1, 0.15) is 5.60 Å². The molecule has 0 N–H and O–H groups in total. The van der Waals surface area contributed by atoms with Crippen LogP contribution in [0.2, 0.25) is 0 Å². The highest BCUT2D eigenvalue weighted by molar-refractivity contribution is 8.13. The fraction of sp³-hybridized carbons (Fsp3) is 0.765. The number of nitrogens with zero attached hydrogens (tertiary/aromatic N) is 4. The molecular weight excluding hydrogens is 424 g/mol. The molecule has 0 aliphatic carbocycles. The molecule has 12 heteroatoms. The predicted molar refractivity (Wildman–Crippen MR) is 104 cm³/mol. The smallest absolute Gasteiger partial charge is 0.410 e. The molecule has 162 valence electrons. The molecule has 2 saturated heterocycles. The monoisotopic (exact) mass is 448 g/mol. The third-order valence-electron chi connectivity index (χ3n) is 4.80. The van der Waals surface area contributed by atoms with Gasteiger partial charge in [0.25, 0.3) is 0 Å². The first kappa shape index (κ1) is 21.8. The second-order valence-corrected chi connectivity index (χ2v) is 11.3. The van der Waals surface area contributed by atoms with E-state index in [9.17, 15) is 18.0 Å². The number of halogens is 1. The van der Waals surface area contributed by atoms with Gasteiger partial charge in [0.05, 0.1) is 5.75 Å². The Hall–Kier alpha value is -1.88. The van der Waals surface area contributed by atoms with Crippen LogP contribution in [0.15, 0.2) is 4.42 Å². The molecule has 1 unspecified atom stereocenters. The highest BCUT2D eigenvalue weighted by Crippen LogP contribution is 2.31. The first-order valence-electron chi connectivity index (χ1n) is 9.45. The van der Waals surface area contributed by atoms with Crippen molar-refractivity contribution in [2.75, 3.05) is 30.3 Å². The van der Waals surface area contributed by atoms with Crippen molar-refractivity contribution < 1.29 is 27.2 Å². The van der Waals surface area contributed by atoms with Crippen LogP contribution < -0.4 is 4.90 Å². The highest BCUT2D eigenvalue weighted by Gasteiger charge is 2.37. The standard InChI is InChI=1S/C17H25ClN4O6S/c1-17(2,3)28-16(24)21-6-4-12(5-7-21)14-19-20-15(27-14)22-9-11(8-13(22)23)10-29(18,25)26/h11-12H,4-10H2,1-3H3. The van der Waals surface area contributed by atoms with Gasteiger partial charge in [0.2, 0.25) is 20.8 Å². The van der Waals surface area contributed by atoms with Crippen molar-refractivity contribution in [3.63, 3.8) is 0 Å². The summed E-state index contributed by atoms with van der Waals surface area (Å²) in [7, 11) is 1.60. The van der Waals surface area contributed by atoms with E-state index in [1.165, 1.54) is 4.90 Å². The third-order valence-corrected chi connectivity index (χ3v) is 6.04. The molecule has 0 radical (unpaired) electrons. The normalized spacial score (nSPS) is 21.7. The van der Waals surface area contributed by atoms with E-state index in [4.69, 9.17) is 19.8 Å². The zero-order valence-corrected chi connectivity index (χ0v) is 18.2. The van der Waals surface area contributed by atoms with Crippen LogP contribution in [0.3, 0.4) is 0 Å². The van der Waals surface area contributed by atoms with Crippen LogP contribution in [-0.4, -0.2) is 66.5 Å². The van der Waals surface area contributed by atoms with E-state index < -0.39 is 20.6 Å². The van der Waals surface area contributed by atoms with E-state index in [0.717, 1.165) is 0 Å². The molecule has 29 heavy (non-hydrogen) atoms. The molecule has 2 amide bonds. The van der Waals surface area contributed by atoms with Crippen LogP contribution in [0, 0.1) is 5.92 Å². The first-order valence-corrected chi connectivity index (χ1v) is 11.9. The Bertz CT molecular complexity index is 873. The Labute approximate surface area is 173 Å². The van der Waals surface area contributed by atoms with Gasteiger partial charge < -0.3 is 14.1 Å². The van der Waals surface area contributed by atoms with Gasteiger partial charge in [0, 0.05) is 48.6 Å². The van der Waals surface area contributed by atoms with Gasteiger partial charge in [-0.05, 0) is 33.6 Å². The van der Waals surface area contributed by atoms with Crippen LogP contribution in [0.5, 0.6) is 0 Å². The Kier molecular flexibility index (Phi) is 6.09. The van der Waals surface area contributed by atoms with Crippen molar-refractivity contribution >= 4 is 37.7 Å². The minimum atomic E-state index is -3.69. The van der Waals surface area contributed by atoms with Crippen molar-refractivity contribution in [3.8, 4) is 0 Å². The number of likely N-dealkylation sites (tertiary alicyclic amines) is 1. The fourth-order valence-corrected chi connectivity index (χ4v) is 4.82. The number of carbonyl (C=O) groups is 2. The second-order valence-electron chi connectivity index (χ2n) is 8.44. The molecule has 3 rings (SSSR count). The van der Waals surface area contributed by atoms with Gasteiger partial charge in [-0.1, -0.05) is 5.10 Å². The molecule has 0 aromatic carbocycles. The van der Waals surface area contributed by atoms with Gasteiger partial charge in [-0.3, -0.25) is 9.69 Å². The van der Waals surface area contributed by atoms with Crippen LogP contribution in [0.1, 0.15) is 51.8 Å². The lowest BCUT2D eigenvalue weighted by Gasteiger charge is -2.32. The molecule has 2 fully saturated rings. The molecule has 3 heterocycles. The molecule has 1 aromatic rings. The van der Waals surface area contributed by atoms with Crippen molar-refractivity contribution in [2.24, 2.45) is 5.92 Å². The van der Waals surface area contributed by atoms with E-state index in [-0.39, 0.29) is 42.7 Å². The Morgan fingerprint density at radius 1 is 1.28 bits per heavy atom. The van der Waals surface area contributed by atoms with E-state index in [1.54, 1.807) is 4.90 Å². The SMILES string of the molecule is CC(C)(C)OC(=O)N1CCC(c2nnc(N3CC(CS(=O)(=O)Cl)CC3=O)o2)CC1. The quantitative estimate of drug-likeness (QED) is 0.641. The van der Waals surface area contributed by atoms with Crippen LogP contribution in [0.4, 0.5) is 10.8 Å². The molecular formula is C17H25ClN4O6S. The molecule has 2 aliphatic rings. The summed E-state index contributed by atoms with van der Waals surface area (Å²) in [5.41, 5.74) is -0.543. The topological polar surface area (TPSA) is 123 Å². The molecule has 1 atom stereocenters. The Balaban J connectivity index is 1.57. The van der Waals surface area contributed by atoms with Crippen LogP contribution >= 0.6 is 10.7 Å². The lowest BCUT2D eigenvalue weighted by molar-refractivity contribution is -0.117. The van der Waals surface area contributed by atoms with E-state index in [1.807, 2.05) is 20.8 Å². The first-order chi connectivity index (χ1) is 13.4. The summed E-state index contributed by atoms with van der Waals surface area (Å²) in [6, 6.07) is 0.0639. The number of anilines is 1. The van der Waals surface area contributed by atoms with Crippen molar-refractivity contribution in [1.29, 1.82) is 0 Å². The van der Waals surface area contributed by atoms with Gasteiger partial charge in [-0.25, -0.2) is 13.2 Å². The fourth-order valence-electron chi connectivity index (χ4n) is 3.50. The zero-order valence-electron chi connectivity index (χ0n) is 16.6. The number of aromatic nitrogens is 2. The van der Waals surface area contributed by atoms with Crippen molar-refractivity contribution in [2.45, 2.75) is 51.6 Å². The van der Waals surface area contributed by atoms with Crippen molar-refractivity contribution in [1.82, 2.24) is 15.1 Å². The van der Waals surface area contributed by atoms with Gasteiger partial charge in [0.15, 0.2) is 0 Å². The van der Waals surface area contributed by atoms with Crippen LogP contribution in [-0.2, 0) is 18.6 Å². The van der Waals surface area contributed by atoms with Crippen LogP contribution in [0.25, 0.3) is 0 Å². The molecule has 0 saturated carbocycles. The summed E-state index contributed by atoms with van der Waals surface area (Å²) in [5.74, 6) is -0.569.